The lowest BCUT2D eigenvalue weighted by molar-refractivity contribution is 0.648. The van der Waals surface area contributed by atoms with E-state index in [0.29, 0.717) is 6.04 Å². The van der Waals surface area contributed by atoms with Crippen LogP contribution in [0.3, 0.4) is 0 Å². The number of nitrogens with one attached hydrogen (secondary N) is 2. The molecule has 0 saturated carbocycles. The van der Waals surface area contributed by atoms with Crippen LogP contribution in [0.5, 0.6) is 0 Å². The Bertz CT molecular complexity index is 509. The van der Waals surface area contributed by atoms with E-state index in [1.165, 1.54) is 23.9 Å². The van der Waals surface area contributed by atoms with Gasteiger partial charge in [-0.25, -0.2) is 4.98 Å². The normalized spacial score (nSPS) is 20.2. The standard InChI is InChI=1S/C14H19N3/c1-2-4-14-16-12-7-6-10(9-13(12)17-14)11-5-3-8-15-11/h6-7,9,11,15H,2-5,8H2,1H3,(H,16,17). The van der Waals surface area contributed by atoms with Crippen molar-refractivity contribution in [3.63, 3.8) is 0 Å². The highest BCUT2D eigenvalue weighted by Crippen LogP contribution is 2.25. The molecule has 1 unspecified atom stereocenters. The molecular formula is C14H19N3. The molecule has 0 spiro atoms. The first-order valence-electron chi connectivity index (χ1n) is 6.59. The fourth-order valence-electron chi connectivity index (χ4n) is 2.62. The molecule has 17 heavy (non-hydrogen) atoms. The summed E-state index contributed by atoms with van der Waals surface area (Å²) in [5.74, 6) is 1.11. The Morgan fingerprint density at radius 2 is 2.35 bits per heavy atom. The first-order chi connectivity index (χ1) is 8.36. The lowest BCUT2D eigenvalue weighted by atomic mass is 10.1. The molecule has 2 N–H and O–H groups in total. The molecule has 3 rings (SSSR count). The molecule has 0 bridgehead atoms. The molecule has 1 aliphatic rings. The molecule has 1 aromatic heterocycles. The topological polar surface area (TPSA) is 40.7 Å². The van der Waals surface area contributed by atoms with Gasteiger partial charge in [0, 0.05) is 12.5 Å². The van der Waals surface area contributed by atoms with E-state index in [0.717, 1.165) is 30.7 Å². The van der Waals surface area contributed by atoms with Crippen molar-refractivity contribution in [2.45, 2.75) is 38.6 Å². The van der Waals surface area contributed by atoms with E-state index in [9.17, 15) is 0 Å². The highest BCUT2D eigenvalue weighted by molar-refractivity contribution is 5.76. The quantitative estimate of drug-likeness (QED) is 0.849. The molecule has 1 saturated heterocycles. The Labute approximate surface area is 102 Å². The van der Waals surface area contributed by atoms with Gasteiger partial charge in [0.25, 0.3) is 0 Å². The minimum Gasteiger partial charge on any atom is -0.342 e. The molecule has 3 nitrogen and oxygen atoms in total. The predicted octanol–water partition coefficient (Wildman–Crippen LogP) is 2.94. The highest BCUT2D eigenvalue weighted by atomic mass is 14.9. The Kier molecular flexibility index (Phi) is 2.85. The second-order valence-corrected chi connectivity index (χ2v) is 4.86. The summed E-state index contributed by atoms with van der Waals surface area (Å²) >= 11 is 0. The molecule has 1 aromatic carbocycles. The van der Waals surface area contributed by atoms with Crippen LogP contribution in [0.25, 0.3) is 11.0 Å². The molecule has 0 amide bonds. The van der Waals surface area contributed by atoms with Gasteiger partial charge in [0.1, 0.15) is 5.82 Å². The Hall–Kier alpha value is -1.35. The van der Waals surface area contributed by atoms with Gasteiger partial charge in [0.05, 0.1) is 11.0 Å². The zero-order valence-electron chi connectivity index (χ0n) is 10.3. The third kappa shape index (κ3) is 2.07. The summed E-state index contributed by atoms with van der Waals surface area (Å²) in [5, 5.41) is 3.54. The third-order valence-corrected chi connectivity index (χ3v) is 3.50. The van der Waals surface area contributed by atoms with Crippen LogP contribution in [0, 0.1) is 0 Å². The van der Waals surface area contributed by atoms with Crippen LogP contribution in [0.1, 0.15) is 43.6 Å². The van der Waals surface area contributed by atoms with E-state index in [4.69, 9.17) is 0 Å². The maximum Gasteiger partial charge on any atom is 0.107 e. The van der Waals surface area contributed by atoms with Gasteiger partial charge in [0.2, 0.25) is 0 Å². The van der Waals surface area contributed by atoms with Crippen LogP contribution in [-0.4, -0.2) is 16.5 Å². The first kappa shape index (κ1) is 10.8. The molecule has 3 heteroatoms. The van der Waals surface area contributed by atoms with Gasteiger partial charge in [-0.2, -0.15) is 0 Å². The number of aryl methyl sites for hydroxylation is 1. The zero-order chi connectivity index (χ0) is 11.7. The van der Waals surface area contributed by atoms with Gasteiger partial charge in [-0.05, 0) is 43.5 Å². The summed E-state index contributed by atoms with van der Waals surface area (Å²) in [4.78, 5) is 8.02. The minimum absolute atomic E-state index is 0.539. The summed E-state index contributed by atoms with van der Waals surface area (Å²) in [6.07, 6.45) is 4.71. The molecule has 1 fully saturated rings. The third-order valence-electron chi connectivity index (χ3n) is 3.50. The Morgan fingerprint density at radius 1 is 1.41 bits per heavy atom. The molecular weight excluding hydrogens is 210 g/mol. The molecule has 90 valence electrons. The van der Waals surface area contributed by atoms with E-state index >= 15 is 0 Å². The number of aromatic amines is 1. The number of hydrogen-bond acceptors (Lipinski definition) is 2. The summed E-state index contributed by atoms with van der Waals surface area (Å²) in [7, 11) is 0. The summed E-state index contributed by atoms with van der Waals surface area (Å²) in [6, 6.07) is 7.14. The van der Waals surface area contributed by atoms with Crippen molar-refractivity contribution in [2.75, 3.05) is 6.54 Å². The number of nitrogens with zero attached hydrogens (tertiary/aromatic N) is 1. The monoisotopic (exact) mass is 229 g/mol. The van der Waals surface area contributed by atoms with Crippen molar-refractivity contribution in [3.05, 3.63) is 29.6 Å². The molecule has 0 aliphatic carbocycles. The van der Waals surface area contributed by atoms with E-state index in [1.807, 2.05) is 0 Å². The molecule has 0 radical (unpaired) electrons. The number of fused-ring (bicyclic) bond motifs is 1. The van der Waals surface area contributed by atoms with Crippen molar-refractivity contribution < 1.29 is 0 Å². The number of benzene rings is 1. The summed E-state index contributed by atoms with van der Waals surface area (Å²) in [5.41, 5.74) is 3.66. The predicted molar refractivity (Wildman–Crippen MR) is 70.1 cm³/mol. The fourth-order valence-corrected chi connectivity index (χ4v) is 2.62. The molecule has 2 aromatic rings. The van der Waals surface area contributed by atoms with Crippen LogP contribution < -0.4 is 5.32 Å². The number of imidazole rings is 1. The number of rotatable bonds is 3. The summed E-state index contributed by atoms with van der Waals surface area (Å²) in [6.45, 7) is 3.33. The van der Waals surface area contributed by atoms with Crippen molar-refractivity contribution in [1.29, 1.82) is 0 Å². The van der Waals surface area contributed by atoms with Gasteiger partial charge >= 0.3 is 0 Å². The van der Waals surface area contributed by atoms with E-state index in [2.05, 4.69) is 40.4 Å². The number of aromatic nitrogens is 2. The van der Waals surface area contributed by atoms with Crippen molar-refractivity contribution >= 4 is 11.0 Å². The zero-order valence-corrected chi connectivity index (χ0v) is 10.3. The second kappa shape index (κ2) is 4.49. The van der Waals surface area contributed by atoms with E-state index < -0.39 is 0 Å². The van der Waals surface area contributed by atoms with Crippen LogP contribution in [0.15, 0.2) is 18.2 Å². The smallest absolute Gasteiger partial charge is 0.107 e. The van der Waals surface area contributed by atoms with Crippen molar-refractivity contribution in [3.8, 4) is 0 Å². The minimum atomic E-state index is 0.539. The number of hydrogen-bond donors (Lipinski definition) is 2. The average Bonchev–Trinajstić information content (AvgIpc) is 2.96. The second-order valence-electron chi connectivity index (χ2n) is 4.86. The SMILES string of the molecule is CCCc1nc2ccc(C3CCCN3)cc2[nH]1. The van der Waals surface area contributed by atoms with Gasteiger partial charge in [-0.15, -0.1) is 0 Å². The van der Waals surface area contributed by atoms with Crippen LogP contribution in [0.2, 0.25) is 0 Å². The lowest BCUT2D eigenvalue weighted by Crippen LogP contribution is -2.12. The van der Waals surface area contributed by atoms with Gasteiger partial charge in [-0.3, -0.25) is 0 Å². The molecule has 2 heterocycles. The maximum atomic E-state index is 4.59. The number of H-pyrrole nitrogens is 1. The Balaban J connectivity index is 1.94. The van der Waals surface area contributed by atoms with E-state index in [1.54, 1.807) is 0 Å². The molecule has 1 aliphatic heterocycles. The molecule has 1 atom stereocenters. The largest absolute Gasteiger partial charge is 0.342 e. The van der Waals surface area contributed by atoms with Crippen molar-refractivity contribution in [2.24, 2.45) is 0 Å². The lowest BCUT2D eigenvalue weighted by Gasteiger charge is -2.09. The Morgan fingerprint density at radius 3 is 3.12 bits per heavy atom. The van der Waals surface area contributed by atoms with Gasteiger partial charge < -0.3 is 10.3 Å². The van der Waals surface area contributed by atoms with Crippen LogP contribution in [0.4, 0.5) is 0 Å². The van der Waals surface area contributed by atoms with Gasteiger partial charge in [-0.1, -0.05) is 13.0 Å². The maximum absolute atomic E-state index is 4.59. The van der Waals surface area contributed by atoms with Gasteiger partial charge in [0.15, 0.2) is 0 Å². The van der Waals surface area contributed by atoms with Crippen LogP contribution in [-0.2, 0) is 6.42 Å². The van der Waals surface area contributed by atoms with Crippen molar-refractivity contribution in [1.82, 2.24) is 15.3 Å². The van der Waals surface area contributed by atoms with Crippen LogP contribution >= 0.6 is 0 Å². The summed E-state index contributed by atoms with van der Waals surface area (Å²) < 4.78 is 0. The highest BCUT2D eigenvalue weighted by Gasteiger charge is 2.16. The fraction of sp³-hybridized carbons (Fsp3) is 0.500. The average molecular weight is 229 g/mol. The first-order valence-corrected chi connectivity index (χ1v) is 6.59. The van der Waals surface area contributed by atoms with E-state index in [-0.39, 0.29) is 0 Å².